The maximum absolute atomic E-state index is 13.1. The Kier molecular flexibility index (Phi) is 5.36. The summed E-state index contributed by atoms with van der Waals surface area (Å²) in [6, 6.07) is 9.31. The largest absolute Gasteiger partial charge is 0.419 e. The number of benzene rings is 1. The van der Waals surface area contributed by atoms with E-state index in [9.17, 15) is 18.5 Å². The zero-order valence-electron chi connectivity index (χ0n) is 17.3. The monoisotopic (exact) mass is 469 g/mol. The Labute approximate surface area is 188 Å². The van der Waals surface area contributed by atoms with Crippen LogP contribution in [-0.4, -0.2) is 68.9 Å². The molecule has 1 N–H and O–H groups in total. The van der Waals surface area contributed by atoms with E-state index in [2.05, 4.69) is 20.2 Å². The van der Waals surface area contributed by atoms with Crippen molar-refractivity contribution in [1.82, 2.24) is 29.4 Å². The van der Waals surface area contributed by atoms with Gasteiger partial charge in [-0.1, -0.05) is 0 Å². The second-order valence-electron chi connectivity index (χ2n) is 7.54. The van der Waals surface area contributed by atoms with Crippen LogP contribution in [-0.2, 0) is 16.6 Å². The summed E-state index contributed by atoms with van der Waals surface area (Å²) in [5, 5.41) is 19.4. The fourth-order valence-electron chi connectivity index (χ4n) is 3.76. The maximum atomic E-state index is 13.1. The molecule has 3 aromatic heterocycles. The molecule has 33 heavy (non-hydrogen) atoms. The number of nitrogens with zero attached hydrogens (tertiary/aromatic N) is 6. The third-order valence-corrected chi connectivity index (χ3v) is 7.45. The summed E-state index contributed by atoms with van der Waals surface area (Å²) in [7, 11) is -3.65. The molecule has 5 rings (SSSR count). The maximum Gasteiger partial charge on any atom is 0.269 e. The number of rotatable bonds is 6. The van der Waals surface area contributed by atoms with Crippen molar-refractivity contribution >= 4 is 26.7 Å². The minimum atomic E-state index is -3.65. The Balaban J connectivity index is 1.23. The molecule has 12 nitrogen and oxygen atoms in total. The van der Waals surface area contributed by atoms with Crippen LogP contribution in [0.1, 0.15) is 5.89 Å². The van der Waals surface area contributed by atoms with Gasteiger partial charge in [-0.15, -0.1) is 10.2 Å². The molecule has 0 aliphatic carbocycles. The molecule has 1 aliphatic rings. The number of non-ortho nitro benzene ring substituents is 1. The SMILES string of the molecule is O=[N+]([O-])c1ccc(-c2nnc(CN3CCN(S(=O)(=O)c4c[nH]c5ncccc45)CC3)o2)cc1. The topological polar surface area (TPSA) is 151 Å². The van der Waals surface area contributed by atoms with Crippen molar-refractivity contribution < 1.29 is 17.8 Å². The van der Waals surface area contributed by atoms with E-state index >= 15 is 0 Å². The van der Waals surface area contributed by atoms with Gasteiger partial charge < -0.3 is 9.40 Å². The van der Waals surface area contributed by atoms with Gasteiger partial charge in [0.1, 0.15) is 10.5 Å². The number of sulfonamides is 1. The van der Waals surface area contributed by atoms with Crippen molar-refractivity contribution in [2.24, 2.45) is 0 Å². The van der Waals surface area contributed by atoms with Crippen LogP contribution in [0.3, 0.4) is 0 Å². The molecule has 1 fully saturated rings. The number of nitro groups is 1. The summed E-state index contributed by atoms with van der Waals surface area (Å²) >= 11 is 0. The molecule has 0 unspecified atom stereocenters. The summed E-state index contributed by atoms with van der Waals surface area (Å²) in [4.78, 5) is 19.6. The first kappa shape index (κ1) is 21.2. The van der Waals surface area contributed by atoms with E-state index in [0.717, 1.165) is 0 Å². The molecule has 0 amide bonds. The van der Waals surface area contributed by atoms with E-state index in [-0.39, 0.29) is 16.5 Å². The molecule has 1 aliphatic heterocycles. The lowest BCUT2D eigenvalue weighted by atomic mass is 10.2. The number of nitrogens with one attached hydrogen (secondary N) is 1. The van der Waals surface area contributed by atoms with Crippen LogP contribution in [0.2, 0.25) is 0 Å². The van der Waals surface area contributed by atoms with E-state index in [1.54, 1.807) is 30.5 Å². The van der Waals surface area contributed by atoms with Crippen molar-refractivity contribution in [2.45, 2.75) is 11.4 Å². The lowest BCUT2D eigenvalue weighted by molar-refractivity contribution is -0.384. The Morgan fingerprint density at radius 2 is 1.85 bits per heavy atom. The van der Waals surface area contributed by atoms with Gasteiger partial charge in [0.15, 0.2) is 0 Å². The summed E-state index contributed by atoms with van der Waals surface area (Å²) in [6.45, 7) is 2.06. The third-order valence-electron chi connectivity index (χ3n) is 5.51. The van der Waals surface area contributed by atoms with Crippen LogP contribution in [0, 0.1) is 10.1 Å². The van der Waals surface area contributed by atoms with Gasteiger partial charge >= 0.3 is 0 Å². The van der Waals surface area contributed by atoms with Crippen molar-refractivity contribution in [3.8, 4) is 11.5 Å². The van der Waals surface area contributed by atoms with Gasteiger partial charge in [-0.25, -0.2) is 13.4 Å². The second-order valence-corrected chi connectivity index (χ2v) is 9.44. The van der Waals surface area contributed by atoms with Gasteiger partial charge in [-0.05, 0) is 24.3 Å². The van der Waals surface area contributed by atoms with Gasteiger partial charge in [0.05, 0.1) is 11.5 Å². The van der Waals surface area contributed by atoms with E-state index in [1.807, 2.05) is 4.90 Å². The summed E-state index contributed by atoms with van der Waals surface area (Å²) in [5.41, 5.74) is 1.11. The highest BCUT2D eigenvalue weighted by molar-refractivity contribution is 7.89. The normalized spacial score (nSPS) is 15.8. The van der Waals surface area contributed by atoms with Crippen LogP contribution in [0.5, 0.6) is 0 Å². The van der Waals surface area contributed by atoms with Crippen molar-refractivity contribution in [3.63, 3.8) is 0 Å². The Morgan fingerprint density at radius 1 is 1.09 bits per heavy atom. The lowest BCUT2D eigenvalue weighted by Gasteiger charge is -2.33. The number of nitro benzene ring substituents is 1. The highest BCUT2D eigenvalue weighted by Crippen LogP contribution is 2.26. The standard InChI is InChI=1S/C20H19N7O5S/c28-27(29)15-5-3-14(4-6-15)20-24-23-18(32-20)13-25-8-10-26(11-9-25)33(30,31)17-12-22-19-16(17)2-1-7-21-19/h1-7,12H,8-11,13H2,(H,21,22). The first-order valence-corrected chi connectivity index (χ1v) is 11.6. The number of piperazine rings is 1. The number of aromatic amines is 1. The number of hydrogen-bond acceptors (Lipinski definition) is 9. The van der Waals surface area contributed by atoms with Crippen LogP contribution in [0.15, 0.2) is 58.1 Å². The van der Waals surface area contributed by atoms with Crippen LogP contribution in [0.4, 0.5) is 5.69 Å². The third kappa shape index (κ3) is 4.08. The Bertz CT molecular complexity index is 1410. The Morgan fingerprint density at radius 3 is 2.58 bits per heavy atom. The number of H-pyrrole nitrogens is 1. The molecule has 1 saturated heterocycles. The minimum Gasteiger partial charge on any atom is -0.419 e. The highest BCUT2D eigenvalue weighted by Gasteiger charge is 2.31. The van der Waals surface area contributed by atoms with Crippen molar-refractivity contribution in [2.75, 3.05) is 26.2 Å². The van der Waals surface area contributed by atoms with Crippen LogP contribution < -0.4 is 0 Å². The summed E-state index contributed by atoms with van der Waals surface area (Å²) in [6.07, 6.45) is 3.09. The van der Waals surface area contributed by atoms with E-state index in [4.69, 9.17) is 4.42 Å². The first-order valence-electron chi connectivity index (χ1n) is 10.1. The van der Waals surface area contributed by atoms with E-state index in [1.165, 1.54) is 22.6 Å². The molecule has 4 aromatic rings. The molecule has 170 valence electrons. The van der Waals surface area contributed by atoms with E-state index in [0.29, 0.717) is 55.2 Å². The fraction of sp³-hybridized carbons (Fsp3) is 0.250. The van der Waals surface area contributed by atoms with Gasteiger partial charge in [0, 0.05) is 61.7 Å². The number of fused-ring (bicyclic) bond motifs is 1. The molecule has 0 bridgehead atoms. The zero-order chi connectivity index (χ0) is 23.0. The van der Waals surface area contributed by atoms with E-state index < -0.39 is 14.9 Å². The zero-order valence-corrected chi connectivity index (χ0v) is 18.1. The smallest absolute Gasteiger partial charge is 0.269 e. The van der Waals surface area contributed by atoms with Gasteiger partial charge in [-0.3, -0.25) is 15.0 Å². The average Bonchev–Trinajstić information content (AvgIpc) is 3.47. The number of pyridine rings is 1. The quantitative estimate of drug-likeness (QED) is 0.330. The Hall–Kier alpha value is -3.68. The minimum absolute atomic E-state index is 0.0183. The highest BCUT2D eigenvalue weighted by atomic mass is 32.2. The van der Waals surface area contributed by atoms with Gasteiger partial charge in [0.2, 0.25) is 21.8 Å². The van der Waals surface area contributed by atoms with Gasteiger partial charge in [-0.2, -0.15) is 4.31 Å². The predicted octanol–water partition coefficient (Wildman–Crippen LogP) is 2.03. The fourth-order valence-corrected chi connectivity index (χ4v) is 5.34. The molecule has 0 radical (unpaired) electrons. The number of aromatic nitrogens is 4. The molecule has 13 heteroatoms. The number of hydrogen-bond donors (Lipinski definition) is 1. The predicted molar refractivity (Wildman–Crippen MR) is 117 cm³/mol. The lowest BCUT2D eigenvalue weighted by Crippen LogP contribution is -2.48. The first-order chi connectivity index (χ1) is 15.9. The molecular formula is C20H19N7O5S. The molecule has 0 saturated carbocycles. The molecule has 0 atom stereocenters. The summed E-state index contributed by atoms with van der Waals surface area (Å²) < 4.78 is 33.4. The van der Waals surface area contributed by atoms with Crippen molar-refractivity contribution in [3.05, 3.63) is 64.8 Å². The molecule has 1 aromatic carbocycles. The average molecular weight is 469 g/mol. The molecule has 4 heterocycles. The second kappa shape index (κ2) is 8.35. The van der Waals surface area contributed by atoms with Crippen molar-refractivity contribution in [1.29, 1.82) is 0 Å². The summed E-state index contributed by atoms with van der Waals surface area (Å²) in [5.74, 6) is 0.663. The molecule has 0 spiro atoms. The molecular weight excluding hydrogens is 450 g/mol. The van der Waals surface area contributed by atoms with Crippen LogP contribution in [0.25, 0.3) is 22.5 Å². The van der Waals surface area contributed by atoms with Gasteiger partial charge in [0.25, 0.3) is 5.69 Å². The van der Waals surface area contributed by atoms with Crippen LogP contribution >= 0.6 is 0 Å².